The van der Waals surface area contributed by atoms with Crippen LogP contribution in [0, 0.1) is 0 Å². The van der Waals surface area contributed by atoms with Crippen molar-refractivity contribution in [3.63, 3.8) is 0 Å². The normalized spacial score (nSPS) is 36.0. The number of rotatable bonds is 0. The summed E-state index contributed by atoms with van der Waals surface area (Å²) < 4.78 is 11.1. The molecule has 2 heterocycles. The van der Waals surface area contributed by atoms with E-state index in [0.29, 0.717) is 0 Å². The van der Waals surface area contributed by atoms with E-state index in [4.69, 9.17) is 9.47 Å². The Morgan fingerprint density at radius 3 is 2.92 bits per heavy atom. The maximum atomic E-state index is 5.67. The molecule has 4 heteroatoms. The summed E-state index contributed by atoms with van der Waals surface area (Å²) in [6, 6.07) is 0. The van der Waals surface area contributed by atoms with Crippen LogP contribution in [0.1, 0.15) is 12.8 Å². The molecule has 0 saturated carbocycles. The van der Waals surface area contributed by atoms with Crippen molar-refractivity contribution < 1.29 is 9.47 Å². The van der Waals surface area contributed by atoms with Crippen molar-refractivity contribution in [1.82, 2.24) is 5.32 Å². The lowest BCUT2D eigenvalue weighted by Gasteiger charge is -2.25. The van der Waals surface area contributed by atoms with Crippen LogP contribution in [-0.4, -0.2) is 38.5 Å². The minimum Gasteiger partial charge on any atom is -0.377 e. The Labute approximate surface area is 79.2 Å². The van der Waals surface area contributed by atoms with Crippen LogP contribution in [-0.2, 0) is 9.47 Å². The summed E-state index contributed by atoms with van der Waals surface area (Å²) in [4.78, 5) is 0. The third kappa shape index (κ3) is 2.10. The molecule has 1 unspecified atom stereocenters. The summed E-state index contributed by atoms with van der Waals surface area (Å²) in [7, 11) is 0. The Kier molecular flexibility index (Phi) is 3.77. The Balaban J connectivity index is 0.000000720. The van der Waals surface area contributed by atoms with E-state index in [2.05, 4.69) is 5.32 Å². The third-order valence-electron chi connectivity index (χ3n) is 2.42. The predicted octanol–water partition coefficient (Wildman–Crippen LogP) is 0.577. The van der Waals surface area contributed by atoms with E-state index < -0.39 is 0 Å². The monoisotopic (exact) mass is 193 g/mol. The number of ether oxygens (including phenoxy) is 2. The Bertz CT molecular complexity index is 127. The van der Waals surface area contributed by atoms with Gasteiger partial charge in [0.05, 0.1) is 13.2 Å². The fourth-order valence-electron chi connectivity index (χ4n) is 1.78. The van der Waals surface area contributed by atoms with Crippen molar-refractivity contribution >= 4 is 12.4 Å². The molecular formula is C8H16ClNO2. The average molecular weight is 194 g/mol. The van der Waals surface area contributed by atoms with Crippen LogP contribution in [0.3, 0.4) is 0 Å². The van der Waals surface area contributed by atoms with Gasteiger partial charge in [-0.05, 0) is 12.8 Å². The van der Waals surface area contributed by atoms with Crippen molar-refractivity contribution in [1.29, 1.82) is 0 Å². The molecular weight excluding hydrogens is 178 g/mol. The minimum atomic E-state index is 0. The first-order valence-corrected chi connectivity index (χ1v) is 4.34. The second-order valence-electron chi connectivity index (χ2n) is 3.36. The molecule has 0 amide bonds. The van der Waals surface area contributed by atoms with Gasteiger partial charge in [0.25, 0.3) is 0 Å². The Morgan fingerprint density at radius 1 is 1.25 bits per heavy atom. The van der Waals surface area contributed by atoms with Crippen molar-refractivity contribution in [2.75, 3.05) is 32.9 Å². The molecule has 12 heavy (non-hydrogen) atoms. The molecule has 0 aromatic rings. The van der Waals surface area contributed by atoms with E-state index in [1.165, 1.54) is 6.42 Å². The topological polar surface area (TPSA) is 30.5 Å². The molecule has 1 atom stereocenters. The van der Waals surface area contributed by atoms with E-state index in [1.54, 1.807) is 0 Å². The number of halogens is 1. The van der Waals surface area contributed by atoms with Gasteiger partial charge < -0.3 is 14.8 Å². The first kappa shape index (κ1) is 10.3. The van der Waals surface area contributed by atoms with Crippen LogP contribution in [0.25, 0.3) is 0 Å². The lowest BCUT2D eigenvalue weighted by molar-refractivity contribution is -0.0469. The molecule has 0 bridgehead atoms. The molecule has 2 rings (SSSR count). The molecule has 2 aliphatic heterocycles. The van der Waals surface area contributed by atoms with Gasteiger partial charge in [-0.1, -0.05) is 0 Å². The summed E-state index contributed by atoms with van der Waals surface area (Å²) in [5.74, 6) is 0. The standard InChI is InChI=1S/C8H15NO2.ClH/c1-2-8(11-4-1)6-9-3-5-10-7-8;/h9H,1-7H2;1H. The van der Waals surface area contributed by atoms with Gasteiger partial charge in [-0.15, -0.1) is 12.4 Å². The second-order valence-corrected chi connectivity index (χ2v) is 3.36. The smallest absolute Gasteiger partial charge is 0.104 e. The summed E-state index contributed by atoms with van der Waals surface area (Å²) in [5, 5.41) is 3.33. The Hall–Kier alpha value is 0.170. The largest absolute Gasteiger partial charge is 0.377 e. The molecule has 72 valence electrons. The van der Waals surface area contributed by atoms with Crippen LogP contribution in [0.2, 0.25) is 0 Å². The molecule has 2 aliphatic rings. The third-order valence-corrected chi connectivity index (χ3v) is 2.42. The minimum absolute atomic E-state index is 0. The van der Waals surface area contributed by atoms with Gasteiger partial charge >= 0.3 is 0 Å². The maximum Gasteiger partial charge on any atom is 0.104 e. The summed E-state index contributed by atoms with van der Waals surface area (Å²) in [5.41, 5.74) is 0.0243. The summed E-state index contributed by atoms with van der Waals surface area (Å²) in [6.07, 6.45) is 2.34. The van der Waals surface area contributed by atoms with Crippen LogP contribution in [0.15, 0.2) is 0 Å². The highest BCUT2D eigenvalue weighted by Gasteiger charge is 2.35. The highest BCUT2D eigenvalue weighted by molar-refractivity contribution is 5.85. The fourth-order valence-corrected chi connectivity index (χ4v) is 1.78. The van der Waals surface area contributed by atoms with E-state index in [9.17, 15) is 0 Å². The van der Waals surface area contributed by atoms with Crippen molar-refractivity contribution in [2.45, 2.75) is 18.4 Å². The zero-order chi connectivity index (χ0) is 7.57. The summed E-state index contributed by atoms with van der Waals surface area (Å²) >= 11 is 0. The average Bonchev–Trinajstić information content (AvgIpc) is 2.32. The van der Waals surface area contributed by atoms with Crippen LogP contribution in [0.5, 0.6) is 0 Å². The van der Waals surface area contributed by atoms with E-state index >= 15 is 0 Å². The van der Waals surface area contributed by atoms with Gasteiger partial charge in [0, 0.05) is 19.7 Å². The molecule has 0 aromatic heterocycles. The first-order chi connectivity index (χ1) is 5.41. The quantitative estimate of drug-likeness (QED) is 0.611. The van der Waals surface area contributed by atoms with Gasteiger partial charge in [0.2, 0.25) is 0 Å². The molecule has 3 nitrogen and oxygen atoms in total. The van der Waals surface area contributed by atoms with Crippen molar-refractivity contribution in [2.24, 2.45) is 0 Å². The molecule has 0 radical (unpaired) electrons. The van der Waals surface area contributed by atoms with E-state index in [0.717, 1.165) is 39.3 Å². The highest BCUT2D eigenvalue weighted by atomic mass is 35.5. The van der Waals surface area contributed by atoms with Gasteiger partial charge in [0.1, 0.15) is 5.60 Å². The Morgan fingerprint density at radius 2 is 2.17 bits per heavy atom. The van der Waals surface area contributed by atoms with Crippen molar-refractivity contribution in [3.8, 4) is 0 Å². The van der Waals surface area contributed by atoms with E-state index in [1.807, 2.05) is 0 Å². The molecule has 2 saturated heterocycles. The second kappa shape index (κ2) is 4.42. The lowest BCUT2D eigenvalue weighted by atomic mass is 10.0. The predicted molar refractivity (Wildman–Crippen MR) is 48.9 cm³/mol. The molecule has 0 aromatic carbocycles. The van der Waals surface area contributed by atoms with Gasteiger partial charge in [-0.2, -0.15) is 0 Å². The lowest BCUT2D eigenvalue weighted by Crippen LogP contribution is -2.41. The molecule has 2 fully saturated rings. The first-order valence-electron chi connectivity index (χ1n) is 4.34. The molecule has 1 N–H and O–H groups in total. The van der Waals surface area contributed by atoms with Gasteiger partial charge in [-0.3, -0.25) is 0 Å². The highest BCUT2D eigenvalue weighted by Crippen LogP contribution is 2.25. The number of nitrogens with one attached hydrogen (secondary N) is 1. The number of hydrogen-bond acceptors (Lipinski definition) is 3. The SMILES string of the molecule is C1COC2(C1)CNCCOC2.Cl. The van der Waals surface area contributed by atoms with Gasteiger partial charge in [-0.25, -0.2) is 0 Å². The van der Waals surface area contributed by atoms with Gasteiger partial charge in [0.15, 0.2) is 0 Å². The maximum absolute atomic E-state index is 5.67. The molecule has 0 aliphatic carbocycles. The summed E-state index contributed by atoms with van der Waals surface area (Å²) in [6.45, 7) is 4.44. The zero-order valence-electron chi connectivity index (χ0n) is 7.17. The van der Waals surface area contributed by atoms with E-state index in [-0.39, 0.29) is 18.0 Å². The molecule has 1 spiro atoms. The van der Waals surface area contributed by atoms with Crippen molar-refractivity contribution in [3.05, 3.63) is 0 Å². The van der Waals surface area contributed by atoms with Crippen LogP contribution < -0.4 is 5.32 Å². The zero-order valence-corrected chi connectivity index (χ0v) is 7.99. The van der Waals surface area contributed by atoms with Crippen LogP contribution >= 0.6 is 12.4 Å². The number of hydrogen-bond donors (Lipinski definition) is 1. The van der Waals surface area contributed by atoms with Crippen LogP contribution in [0.4, 0.5) is 0 Å². The fraction of sp³-hybridized carbons (Fsp3) is 1.00.